The fourth-order valence-electron chi connectivity index (χ4n) is 1.68. The minimum Gasteiger partial charge on any atom is -0.493 e. The monoisotopic (exact) mass is 227 g/mol. The number of aryl methyl sites for hydroxylation is 1. The van der Waals surface area contributed by atoms with Gasteiger partial charge in [0.2, 0.25) is 0 Å². The lowest BCUT2D eigenvalue weighted by atomic mass is 10.1. The van der Waals surface area contributed by atoms with Gasteiger partial charge in [0.1, 0.15) is 0 Å². The summed E-state index contributed by atoms with van der Waals surface area (Å²) in [5, 5.41) is 4.14. The first-order valence-corrected chi connectivity index (χ1v) is 5.44. The molecule has 2 N–H and O–H groups in total. The van der Waals surface area contributed by atoms with Crippen LogP contribution < -0.4 is 10.5 Å². The zero-order chi connectivity index (χ0) is 12.1. The van der Waals surface area contributed by atoms with E-state index < -0.39 is 0 Å². The van der Waals surface area contributed by atoms with Gasteiger partial charge < -0.3 is 15.2 Å². The molecule has 0 radical (unpaired) electrons. The predicted molar refractivity (Wildman–Crippen MR) is 62.4 cm³/mol. The van der Waals surface area contributed by atoms with Gasteiger partial charge in [0.15, 0.2) is 5.75 Å². The second kappa shape index (κ2) is 5.86. The van der Waals surface area contributed by atoms with Crippen LogP contribution in [-0.2, 0) is 11.8 Å². The van der Waals surface area contributed by atoms with Crippen LogP contribution in [0, 0.1) is 0 Å². The zero-order valence-electron chi connectivity index (χ0n) is 10.4. The number of methoxy groups -OCH3 is 2. The molecule has 0 aliphatic heterocycles. The third kappa shape index (κ3) is 2.96. The fourth-order valence-corrected chi connectivity index (χ4v) is 1.68. The molecule has 5 heteroatoms. The second-order valence-corrected chi connectivity index (χ2v) is 3.95. The lowest BCUT2D eigenvalue weighted by molar-refractivity contribution is 0.107. The average Bonchev–Trinajstić information content (AvgIpc) is 2.66. The Kier molecular flexibility index (Phi) is 4.76. The van der Waals surface area contributed by atoms with Crippen molar-refractivity contribution in [2.45, 2.75) is 31.9 Å². The molecule has 0 saturated heterocycles. The van der Waals surface area contributed by atoms with Crippen molar-refractivity contribution in [1.82, 2.24) is 9.78 Å². The first-order valence-electron chi connectivity index (χ1n) is 5.44. The van der Waals surface area contributed by atoms with E-state index in [0.717, 1.165) is 24.3 Å². The molecule has 2 unspecified atom stereocenters. The van der Waals surface area contributed by atoms with Gasteiger partial charge in [-0.3, -0.25) is 4.68 Å². The Morgan fingerprint density at radius 2 is 2.12 bits per heavy atom. The van der Waals surface area contributed by atoms with Crippen LogP contribution >= 0.6 is 0 Å². The highest BCUT2D eigenvalue weighted by molar-refractivity contribution is 5.27. The molecule has 1 rings (SSSR count). The molecule has 0 aromatic carbocycles. The van der Waals surface area contributed by atoms with E-state index in [9.17, 15) is 0 Å². The van der Waals surface area contributed by atoms with E-state index in [1.54, 1.807) is 25.1 Å². The van der Waals surface area contributed by atoms with Crippen LogP contribution in [0.5, 0.6) is 5.75 Å². The van der Waals surface area contributed by atoms with Crippen molar-refractivity contribution in [2.75, 3.05) is 14.2 Å². The SMILES string of the molecule is COc1cnn(C)c1C(N)CCC(C)OC. The first kappa shape index (κ1) is 13.0. The quantitative estimate of drug-likeness (QED) is 0.794. The van der Waals surface area contributed by atoms with Crippen molar-refractivity contribution in [1.29, 1.82) is 0 Å². The van der Waals surface area contributed by atoms with Gasteiger partial charge in [-0.25, -0.2) is 0 Å². The number of nitrogens with two attached hydrogens (primary N) is 1. The predicted octanol–water partition coefficient (Wildman–Crippen LogP) is 1.24. The highest BCUT2D eigenvalue weighted by atomic mass is 16.5. The van der Waals surface area contributed by atoms with Gasteiger partial charge >= 0.3 is 0 Å². The van der Waals surface area contributed by atoms with Gasteiger partial charge in [-0.15, -0.1) is 0 Å². The molecule has 0 spiro atoms. The zero-order valence-corrected chi connectivity index (χ0v) is 10.4. The summed E-state index contributed by atoms with van der Waals surface area (Å²) < 4.78 is 12.2. The Balaban J connectivity index is 2.64. The largest absolute Gasteiger partial charge is 0.493 e. The normalized spacial score (nSPS) is 14.8. The number of nitrogens with zero attached hydrogens (tertiary/aromatic N) is 2. The van der Waals surface area contributed by atoms with E-state index in [2.05, 4.69) is 5.10 Å². The molecular weight excluding hydrogens is 206 g/mol. The first-order chi connectivity index (χ1) is 7.60. The van der Waals surface area contributed by atoms with Gasteiger partial charge in [0, 0.05) is 14.2 Å². The van der Waals surface area contributed by atoms with Crippen LogP contribution in [0.3, 0.4) is 0 Å². The summed E-state index contributed by atoms with van der Waals surface area (Å²) in [5.41, 5.74) is 7.06. The Hall–Kier alpha value is -1.07. The van der Waals surface area contributed by atoms with Gasteiger partial charge in [-0.2, -0.15) is 5.10 Å². The number of hydrogen-bond acceptors (Lipinski definition) is 4. The Labute approximate surface area is 96.5 Å². The van der Waals surface area contributed by atoms with Crippen molar-refractivity contribution >= 4 is 0 Å². The summed E-state index contributed by atoms with van der Waals surface area (Å²) in [6.45, 7) is 2.03. The summed E-state index contributed by atoms with van der Waals surface area (Å²) in [6, 6.07) is -0.0694. The molecule has 1 heterocycles. The third-order valence-corrected chi connectivity index (χ3v) is 2.81. The lowest BCUT2D eigenvalue weighted by Crippen LogP contribution is -2.18. The van der Waals surface area contributed by atoms with Crippen LogP contribution in [0.2, 0.25) is 0 Å². The highest BCUT2D eigenvalue weighted by Gasteiger charge is 2.17. The van der Waals surface area contributed by atoms with E-state index >= 15 is 0 Å². The number of rotatable bonds is 6. The van der Waals surface area contributed by atoms with Crippen LogP contribution in [0.4, 0.5) is 0 Å². The molecule has 1 aromatic heterocycles. The second-order valence-electron chi connectivity index (χ2n) is 3.95. The average molecular weight is 227 g/mol. The van der Waals surface area contributed by atoms with Crippen molar-refractivity contribution in [3.8, 4) is 5.75 Å². The Morgan fingerprint density at radius 1 is 1.44 bits per heavy atom. The van der Waals surface area contributed by atoms with E-state index in [0.29, 0.717) is 0 Å². The number of hydrogen-bond donors (Lipinski definition) is 1. The summed E-state index contributed by atoms with van der Waals surface area (Å²) in [5.74, 6) is 0.750. The molecular formula is C11H21N3O2. The molecule has 0 bridgehead atoms. The maximum Gasteiger partial charge on any atom is 0.161 e. The van der Waals surface area contributed by atoms with Crippen molar-refractivity contribution < 1.29 is 9.47 Å². The molecule has 5 nitrogen and oxygen atoms in total. The maximum absolute atomic E-state index is 6.12. The standard InChI is InChI=1S/C11H21N3O2/c1-8(15-3)5-6-9(12)11-10(16-4)7-13-14(11)2/h7-9H,5-6,12H2,1-4H3. The minimum atomic E-state index is -0.0694. The Bertz CT molecular complexity index is 325. The van der Waals surface area contributed by atoms with Crippen LogP contribution in [0.1, 0.15) is 31.5 Å². The molecule has 0 fully saturated rings. The highest BCUT2D eigenvalue weighted by Crippen LogP contribution is 2.25. The van der Waals surface area contributed by atoms with Crippen LogP contribution in [0.25, 0.3) is 0 Å². The van der Waals surface area contributed by atoms with Crippen molar-refractivity contribution in [2.24, 2.45) is 12.8 Å². The topological polar surface area (TPSA) is 62.3 Å². The molecule has 0 saturated carbocycles. The number of aromatic nitrogens is 2. The van der Waals surface area contributed by atoms with Crippen LogP contribution in [0.15, 0.2) is 6.20 Å². The molecule has 92 valence electrons. The smallest absolute Gasteiger partial charge is 0.161 e. The summed E-state index contributed by atoms with van der Waals surface area (Å²) in [6.07, 6.45) is 3.69. The lowest BCUT2D eigenvalue weighted by Gasteiger charge is -2.16. The third-order valence-electron chi connectivity index (χ3n) is 2.81. The van der Waals surface area contributed by atoms with Crippen molar-refractivity contribution in [3.05, 3.63) is 11.9 Å². The van der Waals surface area contributed by atoms with Gasteiger partial charge in [0.05, 0.1) is 31.1 Å². The van der Waals surface area contributed by atoms with Gasteiger partial charge in [-0.05, 0) is 19.8 Å². The van der Waals surface area contributed by atoms with E-state index in [-0.39, 0.29) is 12.1 Å². The Morgan fingerprint density at radius 3 is 2.69 bits per heavy atom. The summed E-state index contributed by atoms with van der Waals surface area (Å²) in [7, 11) is 5.21. The van der Waals surface area contributed by atoms with Gasteiger partial charge in [0.25, 0.3) is 0 Å². The van der Waals surface area contributed by atoms with Crippen LogP contribution in [-0.4, -0.2) is 30.1 Å². The van der Waals surface area contributed by atoms with E-state index in [1.807, 2.05) is 14.0 Å². The minimum absolute atomic E-state index is 0.0694. The number of ether oxygens (including phenoxy) is 2. The molecule has 0 aliphatic rings. The van der Waals surface area contributed by atoms with Crippen molar-refractivity contribution in [3.63, 3.8) is 0 Å². The molecule has 16 heavy (non-hydrogen) atoms. The summed E-state index contributed by atoms with van der Waals surface area (Å²) >= 11 is 0. The fraction of sp³-hybridized carbons (Fsp3) is 0.727. The van der Waals surface area contributed by atoms with Gasteiger partial charge in [-0.1, -0.05) is 0 Å². The molecule has 0 aliphatic carbocycles. The van der Waals surface area contributed by atoms with E-state index in [4.69, 9.17) is 15.2 Å². The van der Waals surface area contributed by atoms with E-state index in [1.165, 1.54) is 0 Å². The summed E-state index contributed by atoms with van der Waals surface area (Å²) in [4.78, 5) is 0. The molecule has 0 amide bonds. The molecule has 2 atom stereocenters. The molecule has 1 aromatic rings. The maximum atomic E-state index is 6.12.